The SMILES string of the molecule is O=C1NC(=O)N(c2ccc3[nH]cnc3c2)C1c1ccc2c(c1)OCCO2. The summed E-state index contributed by atoms with van der Waals surface area (Å²) in [5.41, 5.74) is 2.82. The van der Waals surface area contributed by atoms with E-state index in [9.17, 15) is 9.59 Å². The van der Waals surface area contributed by atoms with Crippen LogP contribution in [0.4, 0.5) is 10.5 Å². The zero-order valence-electron chi connectivity index (χ0n) is 13.6. The van der Waals surface area contributed by atoms with E-state index < -0.39 is 12.1 Å². The minimum absolute atomic E-state index is 0.381. The second kappa shape index (κ2) is 5.48. The van der Waals surface area contributed by atoms with Gasteiger partial charge >= 0.3 is 6.03 Å². The normalized spacial score (nSPS) is 19.1. The van der Waals surface area contributed by atoms with E-state index in [0.717, 1.165) is 11.0 Å². The fourth-order valence-electron chi connectivity index (χ4n) is 3.34. The number of carbonyl (C=O) groups excluding carboxylic acids is 2. The van der Waals surface area contributed by atoms with E-state index in [0.29, 0.717) is 36.0 Å². The number of hydrogen-bond acceptors (Lipinski definition) is 5. The Hall–Kier alpha value is -3.55. The number of aromatic amines is 1. The van der Waals surface area contributed by atoms with Gasteiger partial charge in [0.05, 0.1) is 17.4 Å². The molecule has 5 rings (SSSR count). The van der Waals surface area contributed by atoms with Gasteiger partial charge in [-0.1, -0.05) is 6.07 Å². The molecule has 1 aromatic heterocycles. The van der Waals surface area contributed by atoms with Crippen LogP contribution in [0, 0.1) is 0 Å². The van der Waals surface area contributed by atoms with Crippen LogP contribution in [0.2, 0.25) is 0 Å². The summed E-state index contributed by atoms with van der Waals surface area (Å²) >= 11 is 0. The van der Waals surface area contributed by atoms with Crippen LogP contribution in [-0.2, 0) is 4.79 Å². The molecule has 2 N–H and O–H groups in total. The third kappa shape index (κ3) is 2.19. The molecule has 8 nitrogen and oxygen atoms in total. The lowest BCUT2D eigenvalue weighted by molar-refractivity contribution is -0.119. The molecule has 0 radical (unpaired) electrons. The molecule has 26 heavy (non-hydrogen) atoms. The van der Waals surface area contributed by atoms with Crippen molar-refractivity contribution in [3.8, 4) is 11.5 Å². The van der Waals surface area contributed by atoms with E-state index in [2.05, 4.69) is 15.3 Å². The van der Waals surface area contributed by atoms with Crippen LogP contribution in [0.25, 0.3) is 11.0 Å². The molecule has 1 fully saturated rings. The van der Waals surface area contributed by atoms with Crippen molar-refractivity contribution in [2.24, 2.45) is 0 Å². The maximum Gasteiger partial charge on any atom is 0.329 e. The third-order valence-corrected chi connectivity index (χ3v) is 4.52. The lowest BCUT2D eigenvalue weighted by atomic mass is 10.0. The maximum atomic E-state index is 12.5. The molecule has 1 atom stereocenters. The number of nitrogens with one attached hydrogen (secondary N) is 2. The number of hydrogen-bond donors (Lipinski definition) is 2. The average Bonchev–Trinajstić information content (AvgIpc) is 3.24. The van der Waals surface area contributed by atoms with Gasteiger partial charge in [-0.2, -0.15) is 0 Å². The highest BCUT2D eigenvalue weighted by molar-refractivity contribution is 6.15. The molecule has 3 amide bonds. The van der Waals surface area contributed by atoms with Gasteiger partial charge in [-0.25, -0.2) is 9.78 Å². The van der Waals surface area contributed by atoms with Gasteiger partial charge in [0, 0.05) is 5.69 Å². The third-order valence-electron chi connectivity index (χ3n) is 4.52. The number of ether oxygens (including phenoxy) is 2. The lowest BCUT2D eigenvalue weighted by Gasteiger charge is -2.24. The second-order valence-corrected chi connectivity index (χ2v) is 6.07. The van der Waals surface area contributed by atoms with Gasteiger partial charge in [0.2, 0.25) is 0 Å². The zero-order chi connectivity index (χ0) is 17.7. The number of rotatable bonds is 2. The Morgan fingerprint density at radius 1 is 1.04 bits per heavy atom. The Labute approximate surface area is 147 Å². The molecule has 2 aliphatic rings. The first kappa shape index (κ1) is 14.8. The quantitative estimate of drug-likeness (QED) is 0.690. The molecule has 0 spiro atoms. The maximum absolute atomic E-state index is 12.5. The van der Waals surface area contributed by atoms with Crippen LogP contribution >= 0.6 is 0 Å². The van der Waals surface area contributed by atoms with Gasteiger partial charge in [0.25, 0.3) is 5.91 Å². The number of nitrogens with zero attached hydrogens (tertiary/aromatic N) is 2. The van der Waals surface area contributed by atoms with Crippen molar-refractivity contribution in [3.05, 3.63) is 48.3 Å². The minimum atomic E-state index is -0.783. The van der Waals surface area contributed by atoms with E-state index in [-0.39, 0.29) is 5.91 Å². The van der Waals surface area contributed by atoms with Crippen molar-refractivity contribution in [3.63, 3.8) is 0 Å². The summed E-state index contributed by atoms with van der Waals surface area (Å²) in [6.07, 6.45) is 1.59. The molecule has 3 aromatic rings. The van der Waals surface area contributed by atoms with E-state index in [1.54, 1.807) is 36.7 Å². The standard InChI is InChI=1S/C18H14N4O4/c23-17-16(10-1-4-14-15(7-10)26-6-5-25-14)22(18(24)21-17)11-2-3-12-13(8-11)20-9-19-12/h1-4,7-9,16H,5-6H2,(H,19,20)(H,21,23,24). The van der Waals surface area contributed by atoms with Gasteiger partial charge < -0.3 is 14.5 Å². The van der Waals surface area contributed by atoms with Crippen LogP contribution < -0.4 is 19.7 Å². The van der Waals surface area contributed by atoms with Gasteiger partial charge in [-0.05, 0) is 35.9 Å². The first-order chi connectivity index (χ1) is 12.7. The Morgan fingerprint density at radius 2 is 1.88 bits per heavy atom. The average molecular weight is 350 g/mol. The molecule has 0 saturated carbocycles. The van der Waals surface area contributed by atoms with Crippen LogP contribution in [0.15, 0.2) is 42.7 Å². The number of anilines is 1. The Bertz CT molecular complexity index is 1040. The molecule has 8 heteroatoms. The molecule has 2 aliphatic heterocycles. The number of H-pyrrole nitrogens is 1. The molecule has 3 heterocycles. The van der Waals surface area contributed by atoms with Crippen LogP contribution in [0.1, 0.15) is 11.6 Å². The van der Waals surface area contributed by atoms with Gasteiger partial charge in [-0.15, -0.1) is 0 Å². The molecule has 130 valence electrons. The first-order valence-electron chi connectivity index (χ1n) is 8.17. The number of imidazole rings is 1. The molecular weight excluding hydrogens is 336 g/mol. The lowest BCUT2D eigenvalue weighted by Crippen LogP contribution is -2.29. The van der Waals surface area contributed by atoms with E-state index >= 15 is 0 Å². The second-order valence-electron chi connectivity index (χ2n) is 6.07. The highest BCUT2D eigenvalue weighted by Gasteiger charge is 2.41. The molecule has 1 unspecified atom stereocenters. The summed E-state index contributed by atoms with van der Waals surface area (Å²) < 4.78 is 11.1. The number of aromatic nitrogens is 2. The van der Waals surface area contributed by atoms with Crippen LogP contribution in [0.5, 0.6) is 11.5 Å². The molecule has 1 saturated heterocycles. The molecule has 0 bridgehead atoms. The summed E-state index contributed by atoms with van der Waals surface area (Å²) in [5.74, 6) is 0.826. The predicted molar refractivity (Wildman–Crippen MR) is 92.3 cm³/mol. The van der Waals surface area contributed by atoms with Gasteiger partial charge in [0.1, 0.15) is 19.3 Å². The highest BCUT2D eigenvalue weighted by atomic mass is 16.6. The molecule has 0 aliphatic carbocycles. The Balaban J connectivity index is 1.59. The molecular formula is C18H14N4O4. The summed E-state index contributed by atoms with van der Waals surface area (Å²) in [6.45, 7) is 0.941. The monoisotopic (exact) mass is 350 g/mol. The van der Waals surface area contributed by atoms with Crippen molar-refractivity contribution in [1.29, 1.82) is 0 Å². The first-order valence-corrected chi connectivity index (χ1v) is 8.17. The van der Waals surface area contributed by atoms with Crippen molar-refractivity contribution in [1.82, 2.24) is 15.3 Å². The Morgan fingerprint density at radius 3 is 2.77 bits per heavy atom. The minimum Gasteiger partial charge on any atom is -0.486 e. The number of fused-ring (bicyclic) bond motifs is 2. The fraction of sp³-hybridized carbons (Fsp3) is 0.167. The van der Waals surface area contributed by atoms with Gasteiger partial charge in [0.15, 0.2) is 11.5 Å². The van der Waals surface area contributed by atoms with Crippen molar-refractivity contribution < 1.29 is 19.1 Å². The van der Waals surface area contributed by atoms with Crippen LogP contribution in [0.3, 0.4) is 0 Å². The van der Waals surface area contributed by atoms with E-state index in [4.69, 9.17) is 9.47 Å². The smallest absolute Gasteiger partial charge is 0.329 e. The fourth-order valence-corrected chi connectivity index (χ4v) is 3.34. The highest BCUT2D eigenvalue weighted by Crippen LogP contribution is 2.37. The van der Waals surface area contributed by atoms with Crippen LogP contribution in [-0.4, -0.2) is 35.1 Å². The summed E-state index contributed by atoms with van der Waals surface area (Å²) in [4.78, 5) is 33.6. The number of urea groups is 1. The van der Waals surface area contributed by atoms with Gasteiger partial charge in [-0.3, -0.25) is 15.0 Å². The number of carbonyl (C=O) groups is 2. The number of benzene rings is 2. The van der Waals surface area contributed by atoms with Crippen molar-refractivity contribution in [2.75, 3.05) is 18.1 Å². The van der Waals surface area contributed by atoms with Crippen molar-refractivity contribution >= 4 is 28.7 Å². The van der Waals surface area contributed by atoms with E-state index in [1.807, 2.05) is 6.07 Å². The predicted octanol–water partition coefficient (Wildman–Crippen LogP) is 2.13. The summed E-state index contributed by atoms with van der Waals surface area (Å²) in [5, 5.41) is 2.38. The number of amides is 3. The molecule has 2 aromatic carbocycles. The topological polar surface area (TPSA) is 96.6 Å². The number of imide groups is 1. The van der Waals surface area contributed by atoms with E-state index in [1.165, 1.54) is 4.90 Å². The van der Waals surface area contributed by atoms with Crippen molar-refractivity contribution in [2.45, 2.75) is 6.04 Å². The zero-order valence-corrected chi connectivity index (χ0v) is 13.6. The largest absolute Gasteiger partial charge is 0.486 e. The Kier molecular flexibility index (Phi) is 3.11. The summed E-state index contributed by atoms with van der Waals surface area (Å²) in [6, 6.07) is 9.41. The summed E-state index contributed by atoms with van der Waals surface area (Å²) in [7, 11) is 0.